The monoisotopic (exact) mass is 381 g/mol. The lowest BCUT2D eigenvalue weighted by molar-refractivity contribution is 0.00133. The molecule has 1 atom stereocenters. The Morgan fingerprint density at radius 1 is 1.38 bits per heavy atom. The average molecular weight is 382 g/mol. The number of benzene rings is 1. The molecule has 0 unspecified atom stereocenters. The van der Waals surface area contributed by atoms with Crippen molar-refractivity contribution in [3.63, 3.8) is 0 Å². The van der Waals surface area contributed by atoms with E-state index in [9.17, 15) is 13.6 Å². The van der Waals surface area contributed by atoms with E-state index in [4.69, 9.17) is 16.0 Å². The Labute approximate surface area is 152 Å². The second-order valence-corrected chi connectivity index (χ2v) is 8.18. The molecule has 1 aliphatic rings. The first-order valence-electron chi connectivity index (χ1n) is 8.32. The number of aromatic amines is 1. The molecule has 5 nitrogen and oxygen atoms in total. The van der Waals surface area contributed by atoms with Gasteiger partial charge < -0.3 is 9.40 Å². The second-order valence-electron chi connectivity index (χ2n) is 7.75. The van der Waals surface area contributed by atoms with Gasteiger partial charge in [0.15, 0.2) is 0 Å². The SMILES string of the molecule is CC(C)(C)N1CC(F)(F)C[C@@H]1c1nc2c(oc3ccc(Cl)cc32)c(=O)[nH]1. The summed E-state index contributed by atoms with van der Waals surface area (Å²) in [5.74, 6) is -2.62. The summed E-state index contributed by atoms with van der Waals surface area (Å²) < 4.78 is 33.8. The van der Waals surface area contributed by atoms with E-state index in [0.29, 0.717) is 21.5 Å². The van der Waals surface area contributed by atoms with Gasteiger partial charge in [0.1, 0.15) is 16.9 Å². The molecule has 0 saturated carbocycles. The maximum Gasteiger partial charge on any atom is 0.294 e. The smallest absolute Gasteiger partial charge is 0.294 e. The standard InChI is InChI=1S/C18H18ClF2N3O2/c1-17(2,3)24-8-18(20,21)7-11(24)15-22-13-10-6-9(19)4-5-12(10)26-14(13)16(25)23-15/h4-6,11H,7-8H2,1-3H3,(H,22,23,25)/t11-/m1/s1. The highest BCUT2D eigenvalue weighted by molar-refractivity contribution is 6.31. The van der Waals surface area contributed by atoms with Crippen LogP contribution in [0, 0.1) is 0 Å². The van der Waals surface area contributed by atoms with Crippen molar-refractivity contribution in [1.82, 2.24) is 14.9 Å². The molecule has 3 heterocycles. The number of hydrogen-bond donors (Lipinski definition) is 1. The molecule has 2 aromatic heterocycles. The van der Waals surface area contributed by atoms with Crippen molar-refractivity contribution in [3.8, 4) is 0 Å². The molecule has 1 saturated heterocycles. The molecule has 8 heteroatoms. The van der Waals surface area contributed by atoms with Gasteiger partial charge in [-0.15, -0.1) is 0 Å². The van der Waals surface area contributed by atoms with Gasteiger partial charge in [-0.2, -0.15) is 0 Å². The Hall–Kier alpha value is -1.99. The minimum absolute atomic E-state index is 0.0677. The lowest BCUT2D eigenvalue weighted by Crippen LogP contribution is -2.42. The van der Waals surface area contributed by atoms with Gasteiger partial charge in [-0.3, -0.25) is 9.69 Å². The lowest BCUT2D eigenvalue weighted by Gasteiger charge is -2.35. The maximum atomic E-state index is 14.1. The zero-order chi connectivity index (χ0) is 18.9. The Morgan fingerprint density at radius 2 is 2.12 bits per heavy atom. The number of hydrogen-bond acceptors (Lipinski definition) is 4. The highest BCUT2D eigenvalue weighted by Gasteiger charge is 2.50. The summed E-state index contributed by atoms with van der Waals surface area (Å²) in [6.45, 7) is 5.22. The molecule has 0 spiro atoms. The fourth-order valence-corrected chi connectivity index (χ4v) is 3.74. The summed E-state index contributed by atoms with van der Waals surface area (Å²) in [4.78, 5) is 21.3. The van der Waals surface area contributed by atoms with E-state index >= 15 is 0 Å². The molecule has 1 aromatic carbocycles. The first kappa shape index (κ1) is 17.4. The number of aromatic nitrogens is 2. The topological polar surface area (TPSA) is 62.1 Å². The number of nitrogens with one attached hydrogen (secondary N) is 1. The summed E-state index contributed by atoms with van der Waals surface area (Å²) in [6, 6.07) is 4.28. The number of furan rings is 1. The van der Waals surface area contributed by atoms with E-state index in [-0.39, 0.29) is 18.0 Å². The van der Waals surface area contributed by atoms with Crippen LogP contribution in [0.2, 0.25) is 5.02 Å². The van der Waals surface area contributed by atoms with Crippen LogP contribution >= 0.6 is 11.6 Å². The van der Waals surface area contributed by atoms with Crippen LogP contribution in [0.15, 0.2) is 27.4 Å². The predicted molar refractivity (Wildman–Crippen MR) is 95.9 cm³/mol. The second kappa shape index (κ2) is 5.50. The third-order valence-corrected chi connectivity index (χ3v) is 4.99. The molecule has 0 aliphatic carbocycles. The van der Waals surface area contributed by atoms with Gasteiger partial charge in [-0.1, -0.05) is 11.6 Å². The summed E-state index contributed by atoms with van der Waals surface area (Å²) in [7, 11) is 0. The van der Waals surface area contributed by atoms with E-state index in [1.807, 2.05) is 20.8 Å². The van der Waals surface area contributed by atoms with Crippen molar-refractivity contribution in [1.29, 1.82) is 0 Å². The average Bonchev–Trinajstić information content (AvgIpc) is 3.04. The van der Waals surface area contributed by atoms with Gasteiger partial charge >= 0.3 is 0 Å². The number of rotatable bonds is 1. The van der Waals surface area contributed by atoms with Gasteiger partial charge in [-0.25, -0.2) is 13.8 Å². The molecule has 26 heavy (non-hydrogen) atoms. The largest absolute Gasteiger partial charge is 0.449 e. The minimum atomic E-state index is -2.84. The Morgan fingerprint density at radius 3 is 2.81 bits per heavy atom. The van der Waals surface area contributed by atoms with Gasteiger partial charge in [-0.05, 0) is 39.0 Å². The number of alkyl halides is 2. The Bertz CT molecular complexity index is 1070. The predicted octanol–water partition coefficient (Wildman–Crippen LogP) is 4.50. The fraction of sp³-hybridized carbons (Fsp3) is 0.444. The summed E-state index contributed by atoms with van der Waals surface area (Å²) in [5.41, 5.74) is -0.103. The highest BCUT2D eigenvalue weighted by Crippen LogP contribution is 2.43. The number of H-pyrrole nitrogens is 1. The van der Waals surface area contributed by atoms with E-state index in [0.717, 1.165) is 0 Å². The lowest BCUT2D eigenvalue weighted by atomic mass is 10.0. The Kier molecular flexibility index (Phi) is 3.69. The first-order valence-corrected chi connectivity index (χ1v) is 8.69. The molecule has 4 rings (SSSR count). The van der Waals surface area contributed by atoms with Crippen LogP contribution in [0.25, 0.3) is 22.1 Å². The molecule has 138 valence electrons. The summed E-state index contributed by atoms with van der Waals surface area (Å²) >= 11 is 6.04. The molecule has 0 amide bonds. The zero-order valence-electron chi connectivity index (χ0n) is 14.6. The van der Waals surface area contributed by atoms with E-state index in [1.165, 1.54) is 0 Å². The van der Waals surface area contributed by atoms with Crippen molar-refractivity contribution in [2.24, 2.45) is 0 Å². The van der Waals surface area contributed by atoms with Gasteiger partial charge in [0.25, 0.3) is 11.5 Å². The van der Waals surface area contributed by atoms with E-state index in [2.05, 4.69) is 9.97 Å². The first-order chi connectivity index (χ1) is 12.0. The third kappa shape index (κ3) is 2.79. The van der Waals surface area contributed by atoms with Crippen LogP contribution in [0.5, 0.6) is 0 Å². The van der Waals surface area contributed by atoms with Crippen LogP contribution < -0.4 is 5.56 Å². The number of nitrogens with zero attached hydrogens (tertiary/aromatic N) is 2. The third-order valence-electron chi connectivity index (χ3n) is 4.75. The van der Waals surface area contributed by atoms with E-state index in [1.54, 1.807) is 23.1 Å². The highest BCUT2D eigenvalue weighted by atomic mass is 35.5. The number of fused-ring (bicyclic) bond motifs is 3. The molecule has 0 radical (unpaired) electrons. The van der Waals surface area contributed by atoms with Crippen molar-refractivity contribution in [2.75, 3.05) is 6.54 Å². The molecule has 1 aliphatic heterocycles. The number of likely N-dealkylation sites (tertiary alicyclic amines) is 1. The zero-order valence-corrected chi connectivity index (χ0v) is 15.3. The van der Waals surface area contributed by atoms with Gasteiger partial charge in [0.05, 0.1) is 12.6 Å². The summed E-state index contributed by atoms with van der Waals surface area (Å²) in [5, 5.41) is 1.07. The van der Waals surface area contributed by atoms with Crippen molar-refractivity contribution >= 4 is 33.7 Å². The van der Waals surface area contributed by atoms with Crippen LogP contribution in [-0.2, 0) is 0 Å². The molecular formula is C18H18ClF2N3O2. The van der Waals surface area contributed by atoms with E-state index < -0.39 is 29.5 Å². The quantitative estimate of drug-likeness (QED) is 0.674. The van der Waals surface area contributed by atoms with Crippen LogP contribution in [0.1, 0.15) is 39.1 Å². The van der Waals surface area contributed by atoms with Crippen molar-refractivity contribution in [3.05, 3.63) is 39.4 Å². The van der Waals surface area contributed by atoms with Gasteiger partial charge in [0, 0.05) is 22.4 Å². The normalized spacial score (nSPS) is 21.1. The van der Waals surface area contributed by atoms with Gasteiger partial charge in [0.2, 0.25) is 5.58 Å². The fourth-order valence-electron chi connectivity index (χ4n) is 3.57. The van der Waals surface area contributed by atoms with Crippen LogP contribution in [0.4, 0.5) is 8.78 Å². The molecule has 1 fully saturated rings. The minimum Gasteiger partial charge on any atom is -0.449 e. The van der Waals surface area contributed by atoms with Crippen molar-refractivity contribution < 1.29 is 13.2 Å². The molecule has 0 bridgehead atoms. The molecule has 3 aromatic rings. The molecular weight excluding hydrogens is 364 g/mol. The maximum absolute atomic E-state index is 14.1. The van der Waals surface area contributed by atoms with Crippen LogP contribution in [-0.4, -0.2) is 32.9 Å². The molecule has 1 N–H and O–H groups in total. The Balaban J connectivity index is 1.92. The summed E-state index contributed by atoms with van der Waals surface area (Å²) in [6.07, 6.45) is -0.394. The number of halogens is 3. The van der Waals surface area contributed by atoms with Crippen molar-refractivity contribution in [2.45, 2.75) is 44.7 Å². The van der Waals surface area contributed by atoms with Crippen LogP contribution in [0.3, 0.4) is 0 Å².